The van der Waals surface area contributed by atoms with E-state index in [0.717, 1.165) is 19.6 Å². The summed E-state index contributed by atoms with van der Waals surface area (Å²) in [5.41, 5.74) is 2.77. The highest BCUT2D eigenvalue weighted by Crippen LogP contribution is 2.10. The summed E-state index contributed by atoms with van der Waals surface area (Å²) in [6.45, 7) is 24.3. The predicted molar refractivity (Wildman–Crippen MR) is 152 cm³/mol. The van der Waals surface area contributed by atoms with Gasteiger partial charge in [0, 0.05) is 43.5 Å². The molecule has 0 bridgehead atoms. The Kier molecular flexibility index (Phi) is 15.6. The highest BCUT2D eigenvalue weighted by atomic mass is 15.1. The lowest BCUT2D eigenvalue weighted by atomic mass is 10.1. The van der Waals surface area contributed by atoms with Gasteiger partial charge in [-0.25, -0.2) is 18.3 Å². The molecule has 0 amide bonds. The molecular formula is C32H55N4+3. The zero-order chi connectivity index (χ0) is 26.9. The minimum atomic E-state index is 0.611. The van der Waals surface area contributed by atoms with E-state index in [2.05, 4.69) is 142 Å². The van der Waals surface area contributed by atoms with Crippen molar-refractivity contribution in [3.05, 3.63) is 78.4 Å². The first-order valence-corrected chi connectivity index (χ1v) is 14.3. The Morgan fingerprint density at radius 3 is 1.83 bits per heavy atom. The van der Waals surface area contributed by atoms with Gasteiger partial charge in [0.15, 0.2) is 23.8 Å². The van der Waals surface area contributed by atoms with Gasteiger partial charge in [0.25, 0.3) is 5.82 Å². The van der Waals surface area contributed by atoms with E-state index in [9.17, 15) is 0 Å². The SMILES string of the molecule is CCCCCC[n+]1ccccc1C(C)C.CC[n+]1ccccc1C.CCn1cc[n+](CC)c1C(C)C. The van der Waals surface area contributed by atoms with Gasteiger partial charge in [-0.1, -0.05) is 59.6 Å². The van der Waals surface area contributed by atoms with Crippen molar-refractivity contribution in [3.8, 4) is 0 Å². The van der Waals surface area contributed by atoms with Gasteiger partial charge in [0.1, 0.15) is 25.5 Å². The number of imidazole rings is 1. The lowest BCUT2D eigenvalue weighted by molar-refractivity contribution is -0.705. The van der Waals surface area contributed by atoms with Crippen molar-refractivity contribution in [2.75, 3.05) is 0 Å². The summed E-state index contributed by atoms with van der Waals surface area (Å²) in [7, 11) is 0. The molecule has 0 saturated heterocycles. The third kappa shape index (κ3) is 10.6. The molecule has 36 heavy (non-hydrogen) atoms. The fourth-order valence-electron chi connectivity index (χ4n) is 4.52. The summed E-state index contributed by atoms with van der Waals surface area (Å²) in [6.07, 6.45) is 14.0. The van der Waals surface area contributed by atoms with Crippen LogP contribution in [-0.4, -0.2) is 4.57 Å². The Labute approximate surface area is 222 Å². The van der Waals surface area contributed by atoms with Crippen LogP contribution in [-0.2, 0) is 26.2 Å². The Bertz CT molecular complexity index is 950. The van der Waals surface area contributed by atoms with E-state index in [1.54, 1.807) is 0 Å². The average Bonchev–Trinajstić information content (AvgIpc) is 3.32. The summed E-state index contributed by atoms with van der Waals surface area (Å²) in [5, 5.41) is 0. The molecule has 4 heteroatoms. The first-order valence-electron chi connectivity index (χ1n) is 14.3. The van der Waals surface area contributed by atoms with Crippen LogP contribution in [0.25, 0.3) is 0 Å². The molecular weight excluding hydrogens is 440 g/mol. The van der Waals surface area contributed by atoms with E-state index in [4.69, 9.17) is 0 Å². The van der Waals surface area contributed by atoms with Gasteiger partial charge in [0.2, 0.25) is 0 Å². The molecule has 0 atom stereocenters. The Morgan fingerprint density at radius 2 is 1.33 bits per heavy atom. The number of rotatable bonds is 10. The molecule has 0 aliphatic carbocycles. The summed E-state index contributed by atoms with van der Waals surface area (Å²) >= 11 is 0. The Morgan fingerprint density at radius 1 is 0.694 bits per heavy atom. The van der Waals surface area contributed by atoms with Gasteiger partial charge in [-0.2, -0.15) is 0 Å². The molecule has 0 fully saturated rings. The zero-order valence-corrected chi connectivity index (χ0v) is 24.9. The normalized spacial score (nSPS) is 10.6. The third-order valence-electron chi connectivity index (χ3n) is 6.54. The van der Waals surface area contributed by atoms with E-state index in [0.29, 0.717) is 11.8 Å². The van der Waals surface area contributed by atoms with Crippen molar-refractivity contribution >= 4 is 0 Å². The van der Waals surface area contributed by atoms with Crippen molar-refractivity contribution in [2.24, 2.45) is 0 Å². The molecule has 4 nitrogen and oxygen atoms in total. The van der Waals surface area contributed by atoms with Gasteiger partial charge in [-0.15, -0.1) is 0 Å². The fourth-order valence-corrected chi connectivity index (χ4v) is 4.52. The monoisotopic (exact) mass is 495 g/mol. The number of hydrogen-bond acceptors (Lipinski definition) is 0. The third-order valence-corrected chi connectivity index (χ3v) is 6.54. The van der Waals surface area contributed by atoms with Gasteiger partial charge < -0.3 is 0 Å². The van der Waals surface area contributed by atoms with E-state index in [1.165, 1.54) is 49.4 Å². The van der Waals surface area contributed by atoms with Crippen LogP contribution < -0.4 is 13.7 Å². The molecule has 200 valence electrons. The Hall–Kier alpha value is -2.49. The summed E-state index contributed by atoms with van der Waals surface area (Å²) in [5.74, 6) is 2.66. The van der Waals surface area contributed by atoms with Gasteiger partial charge >= 0.3 is 0 Å². The fraction of sp³-hybridized carbons (Fsp3) is 0.594. The molecule has 3 rings (SSSR count). The number of unbranched alkanes of at least 4 members (excludes halogenated alkanes) is 3. The van der Waals surface area contributed by atoms with E-state index < -0.39 is 0 Å². The van der Waals surface area contributed by atoms with E-state index in [1.807, 2.05) is 0 Å². The number of nitrogens with zero attached hydrogens (tertiary/aromatic N) is 4. The lowest BCUT2D eigenvalue weighted by Gasteiger charge is -2.06. The molecule has 0 aliphatic heterocycles. The van der Waals surface area contributed by atoms with Gasteiger partial charge in [0.05, 0.1) is 19.0 Å². The zero-order valence-electron chi connectivity index (χ0n) is 24.9. The highest BCUT2D eigenvalue weighted by molar-refractivity contribution is 5.01. The maximum atomic E-state index is 2.40. The molecule has 0 N–H and O–H groups in total. The largest absolute Gasteiger partial charge is 0.258 e. The van der Waals surface area contributed by atoms with Gasteiger partial charge in [-0.3, -0.25) is 0 Å². The predicted octanol–water partition coefficient (Wildman–Crippen LogP) is 6.92. The molecule has 0 aliphatic rings. The topological polar surface area (TPSA) is 16.6 Å². The van der Waals surface area contributed by atoms with Gasteiger partial charge in [-0.05, 0) is 27.2 Å². The molecule has 3 aromatic heterocycles. The van der Waals surface area contributed by atoms with Crippen molar-refractivity contribution in [1.82, 2.24) is 4.57 Å². The van der Waals surface area contributed by atoms with Crippen LogP contribution in [0.2, 0.25) is 0 Å². The maximum Gasteiger partial charge on any atom is 0.258 e. The number of aryl methyl sites for hydroxylation is 5. The summed E-state index contributed by atoms with van der Waals surface area (Å²) in [4.78, 5) is 0. The molecule has 0 unspecified atom stereocenters. The number of pyridine rings is 2. The molecule has 0 aromatic carbocycles. The molecule has 0 radical (unpaired) electrons. The summed E-state index contributed by atoms with van der Waals surface area (Å²) in [6, 6.07) is 12.7. The van der Waals surface area contributed by atoms with Crippen LogP contribution >= 0.6 is 0 Å². The van der Waals surface area contributed by atoms with Crippen LogP contribution in [0.15, 0.2) is 61.2 Å². The lowest BCUT2D eigenvalue weighted by Crippen LogP contribution is -2.38. The number of hydrogen-bond donors (Lipinski definition) is 0. The van der Waals surface area contributed by atoms with Crippen LogP contribution in [0.5, 0.6) is 0 Å². The van der Waals surface area contributed by atoms with Crippen LogP contribution in [0, 0.1) is 6.92 Å². The molecule has 0 spiro atoms. The van der Waals surface area contributed by atoms with Crippen LogP contribution in [0.4, 0.5) is 0 Å². The smallest absolute Gasteiger partial charge is 0.234 e. The Balaban J connectivity index is 0.000000279. The maximum absolute atomic E-state index is 2.40. The molecule has 3 heterocycles. The van der Waals surface area contributed by atoms with Crippen molar-refractivity contribution in [3.63, 3.8) is 0 Å². The second-order valence-corrected chi connectivity index (χ2v) is 10.0. The van der Waals surface area contributed by atoms with Crippen molar-refractivity contribution in [2.45, 2.75) is 126 Å². The average molecular weight is 496 g/mol. The standard InChI is InChI=1S/C14H24N.C10H19N2.C8H12N/c1-4-5-6-8-11-15-12-9-7-10-14(15)13(2)3;1-5-11-7-8-12(6-2)10(11)9(3)4;1-3-9-7-5-4-6-8(9)2/h7,9-10,12-13H,4-6,8,11H2,1-3H3;7-9H,5-6H2,1-4H3;4-7H,3H2,1-2H3/q3*+1. The molecule has 3 aromatic rings. The summed E-state index contributed by atoms with van der Waals surface area (Å²) < 4.78 is 9.24. The highest BCUT2D eigenvalue weighted by Gasteiger charge is 2.17. The van der Waals surface area contributed by atoms with Crippen LogP contribution in [0.3, 0.4) is 0 Å². The van der Waals surface area contributed by atoms with E-state index in [-0.39, 0.29) is 0 Å². The van der Waals surface area contributed by atoms with E-state index >= 15 is 0 Å². The minimum absolute atomic E-state index is 0.611. The second kappa shape index (κ2) is 17.9. The second-order valence-electron chi connectivity index (χ2n) is 10.0. The number of aromatic nitrogens is 4. The van der Waals surface area contributed by atoms with Crippen molar-refractivity contribution < 1.29 is 13.7 Å². The first-order chi connectivity index (χ1) is 17.3. The molecule has 0 saturated carbocycles. The quantitative estimate of drug-likeness (QED) is 0.214. The van der Waals surface area contributed by atoms with Crippen LogP contribution in [0.1, 0.15) is 110 Å². The van der Waals surface area contributed by atoms with Crippen molar-refractivity contribution in [1.29, 1.82) is 0 Å². The minimum Gasteiger partial charge on any atom is -0.234 e. The first kappa shape index (κ1) is 31.5.